The molecule has 0 saturated heterocycles. The number of aromatic nitrogens is 2. The molecule has 0 amide bonds. The summed E-state index contributed by atoms with van der Waals surface area (Å²) in [6, 6.07) is 5.44. The summed E-state index contributed by atoms with van der Waals surface area (Å²) >= 11 is 5.84. The fourth-order valence-corrected chi connectivity index (χ4v) is 1.89. The van der Waals surface area contributed by atoms with E-state index < -0.39 is 5.56 Å². The molecule has 0 spiro atoms. The first-order valence-electron chi connectivity index (χ1n) is 6.88. The van der Waals surface area contributed by atoms with Crippen molar-refractivity contribution in [2.45, 2.75) is 20.0 Å². The minimum Gasteiger partial charge on any atom is -0.493 e. The lowest BCUT2D eigenvalue weighted by Crippen LogP contribution is -2.10. The van der Waals surface area contributed by atoms with Crippen molar-refractivity contribution in [3.8, 4) is 11.5 Å². The van der Waals surface area contributed by atoms with Gasteiger partial charge >= 0.3 is 0 Å². The summed E-state index contributed by atoms with van der Waals surface area (Å²) in [5.41, 5.74) is 3.30. The molecule has 0 aliphatic carbocycles. The first kappa shape index (κ1) is 16.8. The second-order valence-corrected chi connectivity index (χ2v) is 5.25. The molecule has 1 heterocycles. The maximum Gasteiger partial charge on any atom is 0.285 e. The average Bonchev–Trinajstić information content (AvgIpc) is 2.52. The first-order chi connectivity index (χ1) is 11.0. The van der Waals surface area contributed by atoms with Gasteiger partial charge in [0.15, 0.2) is 11.5 Å². The van der Waals surface area contributed by atoms with Gasteiger partial charge in [0.2, 0.25) is 0 Å². The maximum atomic E-state index is 11.3. The molecule has 0 atom stereocenters. The van der Waals surface area contributed by atoms with Crippen LogP contribution in [0.4, 0.5) is 5.69 Å². The zero-order chi connectivity index (χ0) is 16.8. The van der Waals surface area contributed by atoms with Crippen molar-refractivity contribution >= 4 is 23.5 Å². The van der Waals surface area contributed by atoms with Crippen LogP contribution in [0, 0.1) is 0 Å². The highest BCUT2D eigenvalue weighted by molar-refractivity contribution is 6.32. The van der Waals surface area contributed by atoms with Crippen molar-refractivity contribution in [3.63, 3.8) is 0 Å². The summed E-state index contributed by atoms with van der Waals surface area (Å²) < 4.78 is 10.9. The van der Waals surface area contributed by atoms with Crippen LogP contribution >= 0.6 is 11.6 Å². The van der Waals surface area contributed by atoms with Crippen LogP contribution in [0.15, 0.2) is 34.3 Å². The molecule has 122 valence electrons. The van der Waals surface area contributed by atoms with Crippen molar-refractivity contribution in [2.24, 2.45) is 5.10 Å². The van der Waals surface area contributed by atoms with E-state index >= 15 is 0 Å². The van der Waals surface area contributed by atoms with Gasteiger partial charge in [-0.15, -0.1) is 0 Å². The fourth-order valence-electron chi connectivity index (χ4n) is 1.75. The van der Waals surface area contributed by atoms with Gasteiger partial charge in [0.05, 0.1) is 25.6 Å². The third-order valence-electron chi connectivity index (χ3n) is 2.74. The molecular formula is C15H17ClN4O3. The van der Waals surface area contributed by atoms with Gasteiger partial charge in [0, 0.05) is 0 Å². The number of halogens is 1. The number of hydrazone groups is 1. The van der Waals surface area contributed by atoms with E-state index in [-0.39, 0.29) is 11.1 Å². The predicted octanol–water partition coefficient (Wildman–Crippen LogP) is 2.67. The van der Waals surface area contributed by atoms with E-state index in [0.29, 0.717) is 17.2 Å². The van der Waals surface area contributed by atoms with Gasteiger partial charge in [0.1, 0.15) is 10.7 Å². The first-order valence-corrected chi connectivity index (χ1v) is 7.26. The smallest absolute Gasteiger partial charge is 0.285 e. The SMILES string of the molecule is COc1cc(/C=N\Nc2cn[nH]c(=O)c2Cl)ccc1OC(C)C. The van der Waals surface area contributed by atoms with Gasteiger partial charge in [-0.1, -0.05) is 11.6 Å². The van der Waals surface area contributed by atoms with E-state index in [0.717, 1.165) is 5.56 Å². The van der Waals surface area contributed by atoms with Crippen LogP contribution in [-0.2, 0) is 0 Å². The monoisotopic (exact) mass is 336 g/mol. The number of aromatic amines is 1. The Bertz CT molecular complexity index is 759. The van der Waals surface area contributed by atoms with Crippen LogP contribution in [0.2, 0.25) is 5.02 Å². The molecule has 2 N–H and O–H groups in total. The number of methoxy groups -OCH3 is 1. The lowest BCUT2D eigenvalue weighted by Gasteiger charge is -2.13. The summed E-state index contributed by atoms with van der Waals surface area (Å²) in [5.74, 6) is 1.27. The summed E-state index contributed by atoms with van der Waals surface area (Å²) in [6.07, 6.45) is 3.00. The molecule has 0 aliphatic heterocycles. The maximum absolute atomic E-state index is 11.3. The van der Waals surface area contributed by atoms with E-state index in [1.54, 1.807) is 19.4 Å². The number of H-pyrrole nitrogens is 1. The molecule has 8 heteroatoms. The number of nitrogens with zero attached hydrogens (tertiary/aromatic N) is 2. The Hall–Kier alpha value is -2.54. The topological polar surface area (TPSA) is 88.6 Å². The molecule has 23 heavy (non-hydrogen) atoms. The van der Waals surface area contributed by atoms with Crippen molar-refractivity contribution in [1.29, 1.82) is 0 Å². The molecule has 1 aromatic carbocycles. The van der Waals surface area contributed by atoms with Crippen LogP contribution < -0.4 is 20.5 Å². The summed E-state index contributed by atoms with van der Waals surface area (Å²) in [7, 11) is 1.57. The molecule has 2 rings (SSSR count). The molecule has 7 nitrogen and oxygen atoms in total. The normalized spacial score (nSPS) is 11.0. The minimum absolute atomic E-state index is 0.00425. The van der Waals surface area contributed by atoms with Crippen LogP contribution in [0.3, 0.4) is 0 Å². The van der Waals surface area contributed by atoms with Crippen molar-refractivity contribution < 1.29 is 9.47 Å². The quantitative estimate of drug-likeness (QED) is 0.625. The molecule has 0 saturated carbocycles. The van der Waals surface area contributed by atoms with Crippen molar-refractivity contribution in [3.05, 3.63) is 45.3 Å². The van der Waals surface area contributed by atoms with Gasteiger partial charge in [-0.25, -0.2) is 5.10 Å². The third kappa shape index (κ3) is 4.46. The Kier molecular flexibility index (Phi) is 5.59. The van der Waals surface area contributed by atoms with Gasteiger partial charge in [-0.05, 0) is 37.6 Å². The van der Waals surface area contributed by atoms with Crippen molar-refractivity contribution in [1.82, 2.24) is 10.2 Å². The lowest BCUT2D eigenvalue weighted by molar-refractivity contribution is 0.230. The van der Waals surface area contributed by atoms with E-state index in [4.69, 9.17) is 21.1 Å². The Labute approximate surface area is 138 Å². The Morgan fingerprint density at radius 2 is 2.17 bits per heavy atom. The number of hydrogen-bond donors (Lipinski definition) is 2. The highest BCUT2D eigenvalue weighted by Crippen LogP contribution is 2.28. The molecular weight excluding hydrogens is 320 g/mol. The number of anilines is 1. The molecule has 1 aromatic heterocycles. The number of nitrogens with one attached hydrogen (secondary N) is 2. The second kappa shape index (κ2) is 7.64. The summed E-state index contributed by atoms with van der Waals surface area (Å²) in [6.45, 7) is 3.89. The Morgan fingerprint density at radius 1 is 1.39 bits per heavy atom. The lowest BCUT2D eigenvalue weighted by atomic mass is 10.2. The highest BCUT2D eigenvalue weighted by Gasteiger charge is 2.07. The van der Waals surface area contributed by atoms with Gasteiger partial charge < -0.3 is 9.47 Å². The molecule has 2 aromatic rings. The van der Waals surface area contributed by atoms with Crippen LogP contribution in [-0.4, -0.2) is 29.6 Å². The number of hydrogen-bond acceptors (Lipinski definition) is 6. The van der Waals surface area contributed by atoms with Crippen LogP contribution in [0.5, 0.6) is 11.5 Å². The average molecular weight is 337 g/mol. The van der Waals surface area contributed by atoms with Gasteiger partial charge in [-0.2, -0.15) is 10.2 Å². The van der Waals surface area contributed by atoms with E-state index in [1.807, 2.05) is 26.0 Å². The zero-order valence-electron chi connectivity index (χ0n) is 13.0. The number of benzene rings is 1. The summed E-state index contributed by atoms with van der Waals surface area (Å²) in [5, 5.41) is 9.89. The van der Waals surface area contributed by atoms with Crippen LogP contribution in [0.1, 0.15) is 19.4 Å². The molecule has 0 radical (unpaired) electrons. The van der Waals surface area contributed by atoms with E-state index in [9.17, 15) is 4.79 Å². The molecule has 0 aliphatic rings. The molecule has 0 fully saturated rings. The largest absolute Gasteiger partial charge is 0.493 e. The predicted molar refractivity (Wildman–Crippen MR) is 89.8 cm³/mol. The van der Waals surface area contributed by atoms with Gasteiger partial charge in [-0.3, -0.25) is 10.2 Å². The van der Waals surface area contributed by atoms with Crippen molar-refractivity contribution in [2.75, 3.05) is 12.5 Å². The fraction of sp³-hybridized carbons (Fsp3) is 0.267. The standard InChI is InChI=1S/C15H17ClN4O3/c1-9(2)23-12-5-4-10(6-13(12)22-3)7-17-19-11-8-18-20-15(21)14(11)16/h4-9H,1-3H3,(H2,19,20,21)/b17-7-. The zero-order valence-corrected chi connectivity index (χ0v) is 13.7. The summed E-state index contributed by atoms with van der Waals surface area (Å²) in [4.78, 5) is 11.3. The third-order valence-corrected chi connectivity index (χ3v) is 3.12. The van der Waals surface area contributed by atoms with Crippen LogP contribution in [0.25, 0.3) is 0 Å². The van der Waals surface area contributed by atoms with E-state index in [2.05, 4.69) is 20.7 Å². The van der Waals surface area contributed by atoms with Gasteiger partial charge in [0.25, 0.3) is 5.56 Å². The van der Waals surface area contributed by atoms with E-state index in [1.165, 1.54) is 6.20 Å². The molecule has 0 unspecified atom stereocenters. The Balaban J connectivity index is 2.13. The number of ether oxygens (including phenoxy) is 2. The minimum atomic E-state index is -0.483. The highest BCUT2D eigenvalue weighted by atomic mass is 35.5. The number of rotatable bonds is 6. The second-order valence-electron chi connectivity index (χ2n) is 4.87. The Morgan fingerprint density at radius 3 is 2.87 bits per heavy atom. The molecule has 0 bridgehead atoms.